The Balaban J connectivity index is 2.98. The zero-order valence-corrected chi connectivity index (χ0v) is 10.8. The Morgan fingerprint density at radius 3 is 2.37 bits per heavy atom. The molecule has 98 valence electrons. The van der Waals surface area contributed by atoms with E-state index in [2.05, 4.69) is 10.7 Å². The third kappa shape index (κ3) is 4.32. The van der Waals surface area contributed by atoms with Crippen molar-refractivity contribution in [1.29, 1.82) is 0 Å². The SMILES string of the molecule is C#CCOC(=O)O/C(C)=C(/C(C)=O)c1ccccc1. The lowest BCUT2D eigenvalue weighted by Gasteiger charge is -2.09. The van der Waals surface area contributed by atoms with Crippen LogP contribution in [0.25, 0.3) is 5.57 Å². The number of hydrogen-bond donors (Lipinski definition) is 0. The predicted molar refractivity (Wildman–Crippen MR) is 71.0 cm³/mol. The molecular weight excluding hydrogens is 244 g/mol. The fourth-order valence-electron chi connectivity index (χ4n) is 1.57. The molecule has 0 aliphatic heterocycles. The number of allylic oxidation sites excluding steroid dienone is 2. The van der Waals surface area contributed by atoms with Gasteiger partial charge in [-0.15, -0.1) is 6.42 Å². The third-order valence-corrected chi connectivity index (χ3v) is 2.28. The molecule has 4 nitrogen and oxygen atoms in total. The van der Waals surface area contributed by atoms with E-state index >= 15 is 0 Å². The van der Waals surface area contributed by atoms with Crippen LogP contribution < -0.4 is 0 Å². The largest absolute Gasteiger partial charge is 0.514 e. The average Bonchev–Trinajstić information content (AvgIpc) is 2.37. The van der Waals surface area contributed by atoms with Gasteiger partial charge in [-0.25, -0.2) is 4.79 Å². The van der Waals surface area contributed by atoms with Crippen LogP contribution in [0.1, 0.15) is 19.4 Å². The number of carbonyl (C=O) groups is 2. The van der Waals surface area contributed by atoms with E-state index in [1.807, 2.05) is 6.07 Å². The molecule has 0 heterocycles. The van der Waals surface area contributed by atoms with E-state index in [0.29, 0.717) is 11.1 Å². The molecule has 0 spiro atoms. The molecule has 0 aliphatic carbocycles. The molecule has 0 aliphatic rings. The molecular formula is C15H14O4. The van der Waals surface area contributed by atoms with Crippen LogP contribution in [0.3, 0.4) is 0 Å². The molecule has 0 aromatic heterocycles. The smallest absolute Gasteiger partial charge is 0.421 e. The summed E-state index contributed by atoms with van der Waals surface area (Å²) in [6, 6.07) is 8.94. The van der Waals surface area contributed by atoms with Gasteiger partial charge in [0.1, 0.15) is 5.76 Å². The topological polar surface area (TPSA) is 52.6 Å². The molecule has 1 aromatic rings. The summed E-state index contributed by atoms with van der Waals surface area (Å²) >= 11 is 0. The second-order valence-corrected chi connectivity index (χ2v) is 3.70. The summed E-state index contributed by atoms with van der Waals surface area (Å²) in [5, 5.41) is 0. The van der Waals surface area contributed by atoms with Crippen molar-refractivity contribution in [2.75, 3.05) is 6.61 Å². The van der Waals surface area contributed by atoms with Crippen LogP contribution in [-0.4, -0.2) is 18.5 Å². The summed E-state index contributed by atoms with van der Waals surface area (Å²) in [6.07, 6.45) is 4.03. The Hall–Kier alpha value is -2.54. The van der Waals surface area contributed by atoms with E-state index in [0.717, 1.165) is 0 Å². The molecule has 0 saturated carbocycles. The first-order chi connectivity index (χ1) is 9.06. The zero-order valence-electron chi connectivity index (χ0n) is 10.8. The fraction of sp³-hybridized carbons (Fsp3) is 0.200. The van der Waals surface area contributed by atoms with Crippen molar-refractivity contribution in [3.05, 3.63) is 41.7 Å². The highest BCUT2D eigenvalue weighted by atomic mass is 16.7. The molecule has 1 aromatic carbocycles. The second kappa shape index (κ2) is 7.02. The highest BCUT2D eigenvalue weighted by Gasteiger charge is 2.15. The van der Waals surface area contributed by atoms with Gasteiger partial charge < -0.3 is 9.47 Å². The molecule has 0 unspecified atom stereocenters. The molecule has 0 fully saturated rings. The molecule has 1 rings (SSSR count). The molecule has 4 heteroatoms. The summed E-state index contributed by atoms with van der Waals surface area (Å²) in [6.45, 7) is 2.76. The van der Waals surface area contributed by atoms with Gasteiger partial charge in [-0.1, -0.05) is 36.3 Å². The predicted octanol–water partition coefficient (Wildman–Crippen LogP) is 2.79. The van der Waals surface area contributed by atoms with Crippen molar-refractivity contribution in [2.45, 2.75) is 13.8 Å². The van der Waals surface area contributed by atoms with E-state index in [-0.39, 0.29) is 18.1 Å². The van der Waals surface area contributed by atoms with Crippen molar-refractivity contribution in [3.8, 4) is 12.3 Å². The first-order valence-corrected chi connectivity index (χ1v) is 5.61. The number of terminal acetylenes is 1. The lowest BCUT2D eigenvalue weighted by atomic mass is 10.0. The summed E-state index contributed by atoms with van der Waals surface area (Å²) in [7, 11) is 0. The molecule has 0 atom stereocenters. The maximum Gasteiger partial charge on any atom is 0.514 e. The van der Waals surface area contributed by atoms with Crippen LogP contribution in [0.15, 0.2) is 36.1 Å². The number of ether oxygens (including phenoxy) is 2. The Kier molecular flexibility index (Phi) is 5.36. The highest BCUT2D eigenvalue weighted by molar-refractivity contribution is 6.20. The number of ketones is 1. The van der Waals surface area contributed by atoms with Gasteiger partial charge in [-0.05, 0) is 19.4 Å². The van der Waals surface area contributed by atoms with Crippen molar-refractivity contribution in [1.82, 2.24) is 0 Å². The van der Waals surface area contributed by atoms with Crippen LogP contribution in [-0.2, 0) is 14.3 Å². The van der Waals surface area contributed by atoms with Gasteiger partial charge in [0.05, 0.1) is 5.57 Å². The normalized spacial score (nSPS) is 11.0. The van der Waals surface area contributed by atoms with Gasteiger partial charge in [-0.3, -0.25) is 4.79 Å². The van der Waals surface area contributed by atoms with Crippen LogP contribution in [0.5, 0.6) is 0 Å². The number of rotatable bonds is 4. The Morgan fingerprint density at radius 1 is 1.21 bits per heavy atom. The van der Waals surface area contributed by atoms with E-state index < -0.39 is 6.16 Å². The number of hydrogen-bond acceptors (Lipinski definition) is 4. The van der Waals surface area contributed by atoms with Crippen molar-refractivity contribution in [3.63, 3.8) is 0 Å². The highest BCUT2D eigenvalue weighted by Crippen LogP contribution is 2.20. The van der Waals surface area contributed by atoms with Crippen molar-refractivity contribution >= 4 is 17.5 Å². The van der Waals surface area contributed by atoms with Crippen molar-refractivity contribution < 1.29 is 19.1 Å². The number of Topliss-reactive ketones (excluding diaryl/α,β-unsaturated/α-hetero) is 1. The van der Waals surface area contributed by atoms with E-state index in [4.69, 9.17) is 11.2 Å². The number of carbonyl (C=O) groups excluding carboxylic acids is 2. The minimum Gasteiger partial charge on any atom is -0.421 e. The van der Waals surface area contributed by atoms with Gasteiger partial charge >= 0.3 is 6.16 Å². The lowest BCUT2D eigenvalue weighted by Crippen LogP contribution is -2.09. The Labute approximate surface area is 112 Å². The first-order valence-electron chi connectivity index (χ1n) is 5.61. The standard InChI is InChI=1S/C15H14O4/c1-4-10-18-15(17)19-12(3)14(11(2)16)13-8-6-5-7-9-13/h1,5-9H,10H2,2-3H3/b14-12-. The summed E-state index contributed by atoms with van der Waals surface area (Å²) in [5.74, 6) is 2.13. The Bertz CT molecular complexity index is 535. The molecule has 0 N–H and O–H groups in total. The monoisotopic (exact) mass is 258 g/mol. The van der Waals surface area contributed by atoms with Crippen LogP contribution >= 0.6 is 0 Å². The fourth-order valence-corrected chi connectivity index (χ4v) is 1.57. The van der Waals surface area contributed by atoms with E-state index in [1.54, 1.807) is 24.3 Å². The van der Waals surface area contributed by atoms with Gasteiger partial charge in [0.25, 0.3) is 0 Å². The first kappa shape index (κ1) is 14.5. The van der Waals surface area contributed by atoms with Gasteiger partial charge in [0.15, 0.2) is 12.4 Å². The van der Waals surface area contributed by atoms with Gasteiger partial charge in [0, 0.05) is 0 Å². The summed E-state index contributed by atoms with van der Waals surface area (Å²) in [4.78, 5) is 22.9. The second-order valence-electron chi connectivity index (χ2n) is 3.70. The molecule has 0 amide bonds. The van der Waals surface area contributed by atoms with Crippen LogP contribution in [0.4, 0.5) is 4.79 Å². The van der Waals surface area contributed by atoms with E-state index in [1.165, 1.54) is 13.8 Å². The average molecular weight is 258 g/mol. The van der Waals surface area contributed by atoms with Crippen LogP contribution in [0, 0.1) is 12.3 Å². The van der Waals surface area contributed by atoms with Crippen molar-refractivity contribution in [2.24, 2.45) is 0 Å². The maximum absolute atomic E-state index is 11.7. The van der Waals surface area contributed by atoms with Gasteiger partial charge in [-0.2, -0.15) is 0 Å². The van der Waals surface area contributed by atoms with Gasteiger partial charge in [0.2, 0.25) is 0 Å². The minimum absolute atomic E-state index is 0.174. The molecule has 19 heavy (non-hydrogen) atoms. The van der Waals surface area contributed by atoms with Crippen LogP contribution in [0.2, 0.25) is 0 Å². The minimum atomic E-state index is -0.926. The zero-order chi connectivity index (χ0) is 14.3. The Morgan fingerprint density at radius 2 is 1.84 bits per heavy atom. The van der Waals surface area contributed by atoms with E-state index in [9.17, 15) is 9.59 Å². The summed E-state index contributed by atoms with van der Waals surface area (Å²) < 4.78 is 9.52. The quantitative estimate of drug-likeness (QED) is 0.360. The molecule has 0 bridgehead atoms. The lowest BCUT2D eigenvalue weighted by molar-refractivity contribution is -0.111. The maximum atomic E-state index is 11.7. The molecule has 0 radical (unpaired) electrons. The summed E-state index contributed by atoms with van der Waals surface area (Å²) in [5.41, 5.74) is 1.01. The third-order valence-electron chi connectivity index (χ3n) is 2.28. The molecule has 0 saturated heterocycles. The number of benzene rings is 1.